The number of nitrogens with zero attached hydrogens (tertiary/aromatic N) is 2. The molecule has 1 aromatic heterocycles. The molecule has 0 bridgehead atoms. The van der Waals surface area contributed by atoms with Gasteiger partial charge in [0, 0.05) is 31.4 Å². The van der Waals surface area contributed by atoms with Crippen molar-refractivity contribution in [3.05, 3.63) is 23.4 Å². The predicted octanol–water partition coefficient (Wildman–Crippen LogP) is 2.89. The van der Waals surface area contributed by atoms with Crippen molar-refractivity contribution in [1.82, 2.24) is 10.3 Å². The maximum atomic E-state index is 5.68. The van der Waals surface area contributed by atoms with Gasteiger partial charge in [-0.2, -0.15) is 0 Å². The first-order valence-electron chi connectivity index (χ1n) is 7.83. The number of hydrogen-bond acceptors (Lipinski definition) is 4. The Morgan fingerprint density at radius 2 is 2.10 bits per heavy atom. The van der Waals surface area contributed by atoms with Gasteiger partial charge < -0.3 is 15.0 Å². The zero-order valence-electron chi connectivity index (χ0n) is 14.2. The van der Waals surface area contributed by atoms with Crippen molar-refractivity contribution in [2.75, 3.05) is 18.6 Å². The Kier molecular flexibility index (Phi) is 4.89. The van der Waals surface area contributed by atoms with Crippen molar-refractivity contribution < 1.29 is 4.74 Å². The molecular weight excluding hydrogens is 262 g/mol. The molecule has 0 radical (unpaired) electrons. The maximum absolute atomic E-state index is 5.68. The van der Waals surface area contributed by atoms with E-state index in [-0.39, 0.29) is 11.6 Å². The summed E-state index contributed by atoms with van der Waals surface area (Å²) in [6.45, 7) is 12.5. The molecule has 1 aromatic rings. The van der Waals surface area contributed by atoms with E-state index in [2.05, 4.69) is 64.0 Å². The highest BCUT2D eigenvalue weighted by Gasteiger charge is 2.28. The highest BCUT2D eigenvalue weighted by molar-refractivity contribution is 5.43. The van der Waals surface area contributed by atoms with Gasteiger partial charge in [-0.15, -0.1) is 0 Å². The number of pyridine rings is 1. The molecule has 0 aliphatic carbocycles. The number of anilines is 1. The Labute approximate surface area is 128 Å². The Hall–Kier alpha value is -1.13. The highest BCUT2D eigenvalue weighted by Crippen LogP contribution is 2.24. The van der Waals surface area contributed by atoms with Crippen molar-refractivity contribution in [1.29, 1.82) is 0 Å². The van der Waals surface area contributed by atoms with Crippen LogP contribution in [0.15, 0.2) is 12.1 Å². The number of rotatable bonds is 4. The topological polar surface area (TPSA) is 37.4 Å². The standard InChI is InChI=1S/C17H29N3O/c1-12-9-14(11-18-17(3,4)5)10-16(19-12)20(6)15-7-8-21-13(15)2/h9-10,13,15,18H,7-8,11H2,1-6H3. The van der Waals surface area contributed by atoms with Crippen molar-refractivity contribution >= 4 is 5.82 Å². The van der Waals surface area contributed by atoms with Gasteiger partial charge >= 0.3 is 0 Å². The Morgan fingerprint density at radius 1 is 1.38 bits per heavy atom. The molecule has 4 nitrogen and oxygen atoms in total. The number of likely N-dealkylation sites (N-methyl/N-ethyl adjacent to an activating group) is 1. The van der Waals surface area contributed by atoms with Crippen LogP contribution in [0.5, 0.6) is 0 Å². The molecule has 1 fully saturated rings. The quantitative estimate of drug-likeness (QED) is 0.925. The zero-order chi connectivity index (χ0) is 15.6. The summed E-state index contributed by atoms with van der Waals surface area (Å²) in [6.07, 6.45) is 1.34. The van der Waals surface area contributed by atoms with Crippen LogP contribution in [-0.4, -0.2) is 36.3 Å². The molecule has 1 saturated heterocycles. The van der Waals surface area contributed by atoms with Crippen LogP contribution in [0.3, 0.4) is 0 Å². The van der Waals surface area contributed by atoms with Gasteiger partial charge in [0.05, 0.1) is 12.1 Å². The minimum Gasteiger partial charge on any atom is -0.376 e. The molecule has 21 heavy (non-hydrogen) atoms. The lowest BCUT2D eigenvalue weighted by Gasteiger charge is -2.28. The lowest BCUT2D eigenvalue weighted by Crippen LogP contribution is -2.37. The van der Waals surface area contributed by atoms with E-state index in [1.165, 1.54) is 5.56 Å². The molecule has 2 atom stereocenters. The van der Waals surface area contributed by atoms with Crippen LogP contribution in [0.25, 0.3) is 0 Å². The van der Waals surface area contributed by atoms with E-state index in [1.807, 2.05) is 0 Å². The van der Waals surface area contributed by atoms with E-state index in [1.54, 1.807) is 0 Å². The normalized spacial score (nSPS) is 22.6. The maximum Gasteiger partial charge on any atom is 0.129 e. The first-order valence-corrected chi connectivity index (χ1v) is 7.83. The predicted molar refractivity (Wildman–Crippen MR) is 87.8 cm³/mol. The van der Waals surface area contributed by atoms with Gasteiger partial charge in [-0.1, -0.05) is 0 Å². The van der Waals surface area contributed by atoms with E-state index in [4.69, 9.17) is 9.72 Å². The number of aryl methyl sites for hydroxylation is 1. The fourth-order valence-electron chi connectivity index (χ4n) is 2.77. The lowest BCUT2D eigenvalue weighted by atomic mass is 10.1. The second-order valence-corrected chi connectivity index (χ2v) is 7.12. The summed E-state index contributed by atoms with van der Waals surface area (Å²) < 4.78 is 5.68. The van der Waals surface area contributed by atoms with Crippen LogP contribution in [0, 0.1) is 6.92 Å². The minimum absolute atomic E-state index is 0.122. The average molecular weight is 291 g/mol. The Morgan fingerprint density at radius 3 is 2.67 bits per heavy atom. The summed E-state index contributed by atoms with van der Waals surface area (Å²) in [5, 5.41) is 3.54. The smallest absolute Gasteiger partial charge is 0.129 e. The van der Waals surface area contributed by atoms with Gasteiger partial charge in [0.2, 0.25) is 0 Å². The number of hydrogen-bond donors (Lipinski definition) is 1. The average Bonchev–Trinajstić information content (AvgIpc) is 2.80. The minimum atomic E-state index is 0.122. The molecule has 1 N–H and O–H groups in total. The van der Waals surface area contributed by atoms with Crippen molar-refractivity contribution in [3.8, 4) is 0 Å². The molecule has 0 aromatic carbocycles. The molecular formula is C17H29N3O. The van der Waals surface area contributed by atoms with Crippen molar-refractivity contribution in [2.24, 2.45) is 0 Å². The van der Waals surface area contributed by atoms with Crippen LogP contribution in [0.2, 0.25) is 0 Å². The zero-order valence-corrected chi connectivity index (χ0v) is 14.2. The molecule has 1 aliphatic rings. The molecule has 2 heterocycles. The largest absolute Gasteiger partial charge is 0.376 e. The molecule has 0 spiro atoms. The summed E-state index contributed by atoms with van der Waals surface area (Å²) >= 11 is 0. The van der Waals surface area contributed by atoms with Crippen LogP contribution < -0.4 is 10.2 Å². The van der Waals surface area contributed by atoms with E-state index in [0.29, 0.717) is 6.04 Å². The third kappa shape index (κ3) is 4.42. The summed E-state index contributed by atoms with van der Waals surface area (Å²) in [6, 6.07) is 4.77. The lowest BCUT2D eigenvalue weighted by molar-refractivity contribution is 0.118. The highest BCUT2D eigenvalue weighted by atomic mass is 16.5. The van der Waals surface area contributed by atoms with Gasteiger partial charge in [-0.05, 0) is 58.7 Å². The number of ether oxygens (including phenoxy) is 1. The van der Waals surface area contributed by atoms with Crippen molar-refractivity contribution in [2.45, 2.75) is 65.3 Å². The third-order valence-corrected chi connectivity index (χ3v) is 4.02. The third-order valence-electron chi connectivity index (χ3n) is 4.02. The van der Waals surface area contributed by atoms with E-state index in [0.717, 1.165) is 31.1 Å². The summed E-state index contributed by atoms with van der Waals surface area (Å²) in [7, 11) is 2.12. The van der Waals surface area contributed by atoms with E-state index >= 15 is 0 Å². The first-order chi connectivity index (χ1) is 9.76. The van der Waals surface area contributed by atoms with Crippen LogP contribution in [0.1, 0.15) is 45.4 Å². The van der Waals surface area contributed by atoms with E-state index < -0.39 is 0 Å². The van der Waals surface area contributed by atoms with Crippen LogP contribution >= 0.6 is 0 Å². The van der Waals surface area contributed by atoms with Gasteiger partial charge in [0.15, 0.2) is 0 Å². The number of aromatic nitrogens is 1. The van der Waals surface area contributed by atoms with Gasteiger partial charge in [0.25, 0.3) is 0 Å². The van der Waals surface area contributed by atoms with Gasteiger partial charge in [-0.3, -0.25) is 0 Å². The SMILES string of the molecule is Cc1cc(CNC(C)(C)C)cc(N(C)C2CCOC2C)n1. The molecule has 0 saturated carbocycles. The fourth-order valence-corrected chi connectivity index (χ4v) is 2.77. The first kappa shape index (κ1) is 16.2. The summed E-state index contributed by atoms with van der Waals surface area (Å²) in [5.41, 5.74) is 2.47. The van der Waals surface area contributed by atoms with Crippen LogP contribution in [0.4, 0.5) is 5.82 Å². The summed E-state index contributed by atoms with van der Waals surface area (Å²) in [5.74, 6) is 1.04. The molecule has 0 amide bonds. The monoisotopic (exact) mass is 291 g/mol. The second kappa shape index (κ2) is 6.32. The van der Waals surface area contributed by atoms with Gasteiger partial charge in [-0.25, -0.2) is 4.98 Å². The molecule has 4 heteroatoms. The van der Waals surface area contributed by atoms with Crippen LogP contribution in [-0.2, 0) is 11.3 Å². The fraction of sp³-hybridized carbons (Fsp3) is 0.706. The van der Waals surface area contributed by atoms with Crippen molar-refractivity contribution in [3.63, 3.8) is 0 Å². The molecule has 2 unspecified atom stereocenters. The number of nitrogens with one attached hydrogen (secondary N) is 1. The molecule has 2 rings (SSSR count). The van der Waals surface area contributed by atoms with Gasteiger partial charge in [0.1, 0.15) is 5.82 Å². The second-order valence-electron chi connectivity index (χ2n) is 7.12. The summed E-state index contributed by atoms with van der Waals surface area (Å²) in [4.78, 5) is 6.97. The van der Waals surface area contributed by atoms with E-state index in [9.17, 15) is 0 Å². The Balaban J connectivity index is 2.14. The molecule has 118 valence electrons. The molecule has 1 aliphatic heterocycles. The Bertz CT molecular complexity index is 481.